The van der Waals surface area contributed by atoms with E-state index in [0.29, 0.717) is 19.7 Å². The predicted molar refractivity (Wildman–Crippen MR) is 47.8 cm³/mol. The van der Waals surface area contributed by atoms with E-state index in [0.717, 1.165) is 19.4 Å². The molecule has 0 atom stereocenters. The lowest BCUT2D eigenvalue weighted by atomic mass is 10.4. The second-order valence-corrected chi connectivity index (χ2v) is 2.59. The summed E-state index contributed by atoms with van der Waals surface area (Å²) in [4.78, 5) is 10.4. The van der Waals surface area contributed by atoms with Crippen molar-refractivity contribution >= 4 is 5.91 Å². The first kappa shape index (κ1) is 11.4. The van der Waals surface area contributed by atoms with Crippen LogP contribution in [-0.4, -0.2) is 32.2 Å². The molecule has 72 valence electrons. The number of hydrogen-bond acceptors (Lipinski definition) is 3. The largest absolute Gasteiger partial charge is 0.381 e. The number of hydrogen-bond donors (Lipinski definition) is 2. The highest BCUT2D eigenvalue weighted by molar-refractivity contribution is 5.72. The van der Waals surface area contributed by atoms with E-state index in [-0.39, 0.29) is 5.91 Å². The minimum Gasteiger partial charge on any atom is -0.381 e. The van der Waals surface area contributed by atoms with Gasteiger partial charge in [0.25, 0.3) is 0 Å². The number of rotatable bonds is 7. The highest BCUT2D eigenvalue weighted by Gasteiger charge is 1.90. The third-order valence-corrected chi connectivity index (χ3v) is 1.33. The monoisotopic (exact) mass is 174 g/mol. The van der Waals surface area contributed by atoms with E-state index in [2.05, 4.69) is 5.32 Å². The zero-order valence-corrected chi connectivity index (χ0v) is 7.64. The van der Waals surface area contributed by atoms with Gasteiger partial charge in [0.05, 0.1) is 0 Å². The molecule has 0 aliphatic rings. The smallest absolute Gasteiger partial charge is 0.216 e. The zero-order valence-electron chi connectivity index (χ0n) is 7.64. The average molecular weight is 174 g/mol. The fraction of sp³-hybridized carbons (Fsp3) is 0.875. The second-order valence-electron chi connectivity index (χ2n) is 2.59. The molecule has 0 aromatic heterocycles. The summed E-state index contributed by atoms with van der Waals surface area (Å²) in [5.74, 6) is 0.0111. The van der Waals surface area contributed by atoms with Gasteiger partial charge in [-0.1, -0.05) is 0 Å². The Labute approximate surface area is 73.5 Å². The van der Waals surface area contributed by atoms with E-state index < -0.39 is 0 Å². The first-order valence-corrected chi connectivity index (χ1v) is 4.29. The van der Waals surface area contributed by atoms with Crippen molar-refractivity contribution < 1.29 is 9.53 Å². The van der Waals surface area contributed by atoms with Gasteiger partial charge in [-0.3, -0.25) is 4.79 Å². The molecule has 0 heterocycles. The quantitative estimate of drug-likeness (QED) is 0.529. The Morgan fingerprint density at radius 1 is 1.42 bits per heavy atom. The molecule has 1 amide bonds. The van der Waals surface area contributed by atoms with Crippen molar-refractivity contribution in [3.63, 3.8) is 0 Å². The third-order valence-electron chi connectivity index (χ3n) is 1.33. The van der Waals surface area contributed by atoms with Gasteiger partial charge >= 0.3 is 0 Å². The van der Waals surface area contributed by atoms with Crippen molar-refractivity contribution in [3.05, 3.63) is 0 Å². The molecule has 0 saturated heterocycles. The number of amides is 1. The molecule has 0 rings (SSSR count). The van der Waals surface area contributed by atoms with Gasteiger partial charge in [-0.25, -0.2) is 0 Å². The lowest BCUT2D eigenvalue weighted by Crippen LogP contribution is -2.22. The maximum absolute atomic E-state index is 10.4. The van der Waals surface area contributed by atoms with Crippen LogP contribution in [-0.2, 0) is 9.53 Å². The Morgan fingerprint density at radius 2 is 2.08 bits per heavy atom. The van der Waals surface area contributed by atoms with Gasteiger partial charge in [0, 0.05) is 26.7 Å². The van der Waals surface area contributed by atoms with Crippen LogP contribution in [0.25, 0.3) is 0 Å². The maximum atomic E-state index is 10.4. The van der Waals surface area contributed by atoms with E-state index >= 15 is 0 Å². The second kappa shape index (κ2) is 8.49. The number of nitrogens with one attached hydrogen (secondary N) is 1. The van der Waals surface area contributed by atoms with E-state index in [1.807, 2.05) is 0 Å². The summed E-state index contributed by atoms with van der Waals surface area (Å²) >= 11 is 0. The van der Waals surface area contributed by atoms with E-state index in [1.165, 1.54) is 6.92 Å². The molecule has 0 aromatic carbocycles. The third kappa shape index (κ3) is 9.39. The van der Waals surface area contributed by atoms with Gasteiger partial charge in [0.15, 0.2) is 0 Å². The SMILES string of the molecule is CC(=O)NCCCOCCCN. The molecule has 0 aliphatic heterocycles. The molecule has 0 aromatic rings. The molecule has 0 radical (unpaired) electrons. The number of nitrogens with two attached hydrogens (primary N) is 1. The lowest BCUT2D eigenvalue weighted by molar-refractivity contribution is -0.119. The summed E-state index contributed by atoms with van der Waals surface area (Å²) < 4.78 is 5.22. The van der Waals surface area contributed by atoms with Gasteiger partial charge in [0.1, 0.15) is 0 Å². The van der Waals surface area contributed by atoms with Gasteiger partial charge < -0.3 is 15.8 Å². The van der Waals surface area contributed by atoms with Crippen molar-refractivity contribution in [3.8, 4) is 0 Å². The van der Waals surface area contributed by atoms with Crippen LogP contribution >= 0.6 is 0 Å². The topological polar surface area (TPSA) is 64.3 Å². The van der Waals surface area contributed by atoms with Gasteiger partial charge in [0.2, 0.25) is 5.91 Å². The van der Waals surface area contributed by atoms with Crippen LogP contribution in [0.2, 0.25) is 0 Å². The Hall–Kier alpha value is -0.610. The normalized spacial score (nSPS) is 9.83. The van der Waals surface area contributed by atoms with Crippen molar-refractivity contribution in [2.75, 3.05) is 26.3 Å². The van der Waals surface area contributed by atoms with Crippen LogP contribution in [0.5, 0.6) is 0 Å². The number of ether oxygens (including phenoxy) is 1. The van der Waals surface area contributed by atoms with Crippen LogP contribution in [0, 0.1) is 0 Å². The summed E-state index contributed by atoms with van der Waals surface area (Å²) in [6, 6.07) is 0. The first-order chi connectivity index (χ1) is 5.77. The van der Waals surface area contributed by atoms with Crippen molar-refractivity contribution in [2.24, 2.45) is 5.73 Å². The Bertz CT molecular complexity index is 118. The molecule has 12 heavy (non-hydrogen) atoms. The Morgan fingerprint density at radius 3 is 2.67 bits per heavy atom. The Balaban J connectivity index is 2.86. The summed E-state index contributed by atoms with van der Waals surface area (Å²) in [6.07, 6.45) is 1.77. The first-order valence-electron chi connectivity index (χ1n) is 4.29. The highest BCUT2D eigenvalue weighted by Crippen LogP contribution is 1.83. The maximum Gasteiger partial charge on any atom is 0.216 e. The molecule has 0 saturated carbocycles. The zero-order chi connectivity index (χ0) is 9.23. The molecular formula is C8H18N2O2. The van der Waals surface area contributed by atoms with E-state index in [9.17, 15) is 4.79 Å². The van der Waals surface area contributed by atoms with Crippen molar-refractivity contribution in [1.29, 1.82) is 0 Å². The standard InChI is InChI=1S/C8H18N2O2/c1-8(11)10-5-3-7-12-6-2-4-9/h2-7,9H2,1H3,(H,10,11). The van der Waals surface area contributed by atoms with Gasteiger partial charge in [-0.15, -0.1) is 0 Å². The lowest BCUT2D eigenvalue weighted by Gasteiger charge is -2.03. The summed E-state index contributed by atoms with van der Waals surface area (Å²) in [6.45, 7) is 4.29. The van der Waals surface area contributed by atoms with Crippen LogP contribution in [0.3, 0.4) is 0 Å². The van der Waals surface area contributed by atoms with Crippen LogP contribution in [0.15, 0.2) is 0 Å². The molecule has 3 N–H and O–H groups in total. The van der Waals surface area contributed by atoms with Gasteiger partial charge in [-0.2, -0.15) is 0 Å². The van der Waals surface area contributed by atoms with Crippen molar-refractivity contribution in [2.45, 2.75) is 19.8 Å². The molecular weight excluding hydrogens is 156 g/mol. The molecule has 0 bridgehead atoms. The molecule has 4 heteroatoms. The molecule has 0 spiro atoms. The fourth-order valence-electron chi connectivity index (χ4n) is 0.726. The summed E-state index contributed by atoms with van der Waals surface area (Å²) in [5.41, 5.74) is 5.27. The summed E-state index contributed by atoms with van der Waals surface area (Å²) in [5, 5.41) is 2.69. The van der Waals surface area contributed by atoms with Crippen LogP contribution in [0.1, 0.15) is 19.8 Å². The molecule has 0 unspecified atom stereocenters. The molecule has 0 aliphatic carbocycles. The van der Waals surface area contributed by atoms with Crippen LogP contribution in [0.4, 0.5) is 0 Å². The predicted octanol–water partition coefficient (Wildman–Crippen LogP) is -0.122. The van der Waals surface area contributed by atoms with E-state index in [4.69, 9.17) is 10.5 Å². The summed E-state index contributed by atoms with van der Waals surface area (Å²) in [7, 11) is 0. The van der Waals surface area contributed by atoms with Gasteiger partial charge in [-0.05, 0) is 19.4 Å². The number of carbonyl (C=O) groups is 1. The average Bonchev–Trinajstić information content (AvgIpc) is 2.02. The Kier molecular flexibility index (Phi) is 8.05. The van der Waals surface area contributed by atoms with Crippen molar-refractivity contribution in [1.82, 2.24) is 5.32 Å². The molecule has 0 fully saturated rings. The minimum absolute atomic E-state index is 0.0111. The van der Waals surface area contributed by atoms with E-state index in [1.54, 1.807) is 0 Å². The fourth-order valence-corrected chi connectivity index (χ4v) is 0.726. The number of carbonyl (C=O) groups excluding carboxylic acids is 1. The van der Waals surface area contributed by atoms with Crippen LogP contribution < -0.4 is 11.1 Å². The molecule has 4 nitrogen and oxygen atoms in total. The highest BCUT2D eigenvalue weighted by atomic mass is 16.5. The minimum atomic E-state index is 0.0111.